The molecule has 0 fully saturated rings. The lowest BCUT2D eigenvalue weighted by Gasteiger charge is -2.16. The number of aliphatic hydroxyl groups is 3. The summed E-state index contributed by atoms with van der Waals surface area (Å²) in [7, 11) is 0. The van der Waals surface area contributed by atoms with Crippen LogP contribution in [0.15, 0.2) is 48.6 Å². The first kappa shape index (κ1) is 42.8. The van der Waals surface area contributed by atoms with Crippen LogP contribution >= 0.6 is 0 Å². The van der Waals surface area contributed by atoms with Crippen molar-refractivity contribution < 1.29 is 34.4 Å². The molecule has 7 nitrogen and oxygen atoms in total. The number of carbonyl (C=O) groups excluding carboxylic acids is 2. The van der Waals surface area contributed by atoms with E-state index < -0.39 is 24.3 Å². The smallest absolute Gasteiger partial charge is 0.305 e. The highest BCUT2D eigenvalue weighted by Gasteiger charge is 2.16. The summed E-state index contributed by atoms with van der Waals surface area (Å²) in [5.74, 6) is -0.845. The van der Waals surface area contributed by atoms with Gasteiger partial charge < -0.3 is 24.8 Å². The highest BCUT2D eigenvalue weighted by molar-refractivity contribution is 5.69. The number of allylic oxidation sites excluding steroid dienone is 7. The summed E-state index contributed by atoms with van der Waals surface area (Å²) in [4.78, 5) is 23.9. The van der Waals surface area contributed by atoms with Gasteiger partial charge in [0.1, 0.15) is 19.3 Å². The molecule has 0 aliphatic heterocycles. The number of aliphatic hydroxyl groups excluding tert-OH is 3. The van der Waals surface area contributed by atoms with Crippen LogP contribution in [0.4, 0.5) is 0 Å². The van der Waals surface area contributed by atoms with E-state index in [1.54, 1.807) is 0 Å². The minimum Gasteiger partial charge on any atom is -0.463 e. The molecule has 7 heteroatoms. The maximum Gasteiger partial charge on any atom is 0.305 e. The van der Waals surface area contributed by atoms with Crippen LogP contribution in [0.2, 0.25) is 0 Å². The molecule has 3 N–H and O–H groups in total. The standard InChI is InChI=1S/C38H66O7/c1-3-5-7-9-11-13-15-17-19-21-23-25-28-35(40)36(41)29-27-31-38(43)45-33-34(39)32-44-37(42)30-26-24-22-20-18-16-14-12-10-8-6-4-2/h5,7,11,13,17,19,23,25,34-36,39-41H,3-4,6,8-10,12,14-16,18,20-22,24,26-33H2,1-2H3/b7-5-,13-11-,19-17-,25-23-/t34-,35-,36-/m0/s1. The first-order valence-corrected chi connectivity index (χ1v) is 17.9. The van der Waals surface area contributed by atoms with Crippen molar-refractivity contribution in [2.45, 2.75) is 167 Å². The summed E-state index contributed by atoms with van der Waals surface area (Å²) in [5, 5.41) is 30.3. The molecule has 0 aliphatic rings. The second-order valence-electron chi connectivity index (χ2n) is 11.9. The highest BCUT2D eigenvalue weighted by Crippen LogP contribution is 2.13. The molecule has 0 amide bonds. The maximum absolute atomic E-state index is 12.0. The zero-order valence-corrected chi connectivity index (χ0v) is 28.6. The van der Waals surface area contributed by atoms with Gasteiger partial charge in [0.15, 0.2) is 0 Å². The lowest BCUT2D eigenvalue weighted by atomic mass is 10.0. The average molecular weight is 635 g/mol. The molecular formula is C38H66O7. The van der Waals surface area contributed by atoms with Gasteiger partial charge in [-0.15, -0.1) is 0 Å². The molecule has 0 rings (SSSR count). The minimum atomic E-state index is -1.07. The number of hydrogen-bond acceptors (Lipinski definition) is 7. The predicted octanol–water partition coefficient (Wildman–Crippen LogP) is 8.61. The van der Waals surface area contributed by atoms with Crippen LogP contribution in [0.25, 0.3) is 0 Å². The van der Waals surface area contributed by atoms with Gasteiger partial charge in [0, 0.05) is 12.8 Å². The van der Waals surface area contributed by atoms with Crippen molar-refractivity contribution in [2.75, 3.05) is 13.2 Å². The van der Waals surface area contributed by atoms with Crippen LogP contribution in [0.1, 0.15) is 149 Å². The first-order valence-electron chi connectivity index (χ1n) is 17.9. The molecule has 0 aromatic rings. The van der Waals surface area contributed by atoms with Crippen molar-refractivity contribution in [2.24, 2.45) is 0 Å². The van der Waals surface area contributed by atoms with E-state index in [1.807, 2.05) is 12.2 Å². The Morgan fingerprint density at radius 3 is 1.44 bits per heavy atom. The van der Waals surface area contributed by atoms with Crippen LogP contribution in [-0.4, -0.2) is 58.8 Å². The monoisotopic (exact) mass is 634 g/mol. The van der Waals surface area contributed by atoms with E-state index in [0.717, 1.165) is 44.9 Å². The Hall–Kier alpha value is -2.22. The molecule has 3 atom stereocenters. The van der Waals surface area contributed by atoms with E-state index in [-0.39, 0.29) is 32.0 Å². The van der Waals surface area contributed by atoms with Gasteiger partial charge in [-0.1, -0.05) is 133 Å². The summed E-state index contributed by atoms with van der Waals surface area (Å²) in [5.41, 5.74) is 0. The van der Waals surface area contributed by atoms with Gasteiger partial charge in [-0.25, -0.2) is 0 Å². The SMILES string of the molecule is CC/C=C\C/C=C\C/C=C\C/C=C\C[C@H](O)[C@@H](O)CCCC(=O)OC[C@@H](O)COC(=O)CCCCCCCCCCCCCC. The van der Waals surface area contributed by atoms with Gasteiger partial charge in [0.2, 0.25) is 0 Å². The van der Waals surface area contributed by atoms with Gasteiger partial charge in [0.25, 0.3) is 0 Å². The Bertz CT molecular complexity index is 802. The fourth-order valence-electron chi connectivity index (χ4n) is 4.70. The maximum atomic E-state index is 12.0. The van der Waals surface area contributed by atoms with E-state index in [9.17, 15) is 24.9 Å². The second kappa shape index (κ2) is 33.2. The van der Waals surface area contributed by atoms with E-state index in [4.69, 9.17) is 9.47 Å². The molecule has 260 valence electrons. The summed E-state index contributed by atoms with van der Waals surface area (Å²) in [6, 6.07) is 0. The molecule has 0 unspecified atom stereocenters. The topological polar surface area (TPSA) is 113 Å². The van der Waals surface area contributed by atoms with Crippen molar-refractivity contribution in [3.63, 3.8) is 0 Å². The third kappa shape index (κ3) is 31.5. The largest absolute Gasteiger partial charge is 0.463 e. The molecule has 0 saturated heterocycles. The summed E-state index contributed by atoms with van der Waals surface area (Å²) >= 11 is 0. The molecule has 0 aromatic heterocycles. The number of carbonyl (C=O) groups is 2. The average Bonchev–Trinajstić information content (AvgIpc) is 3.03. The fraction of sp³-hybridized carbons (Fsp3) is 0.737. The van der Waals surface area contributed by atoms with Crippen molar-refractivity contribution in [3.8, 4) is 0 Å². The second-order valence-corrected chi connectivity index (χ2v) is 11.9. The van der Waals surface area contributed by atoms with Crippen LogP contribution in [0.5, 0.6) is 0 Å². The van der Waals surface area contributed by atoms with Crippen LogP contribution < -0.4 is 0 Å². The number of ether oxygens (including phenoxy) is 2. The summed E-state index contributed by atoms with van der Waals surface area (Å²) in [6.07, 6.45) is 33.4. The highest BCUT2D eigenvalue weighted by atomic mass is 16.6. The van der Waals surface area contributed by atoms with Crippen molar-refractivity contribution in [1.29, 1.82) is 0 Å². The third-order valence-electron chi connectivity index (χ3n) is 7.53. The predicted molar refractivity (Wildman–Crippen MR) is 185 cm³/mol. The molecule has 0 bridgehead atoms. The summed E-state index contributed by atoms with van der Waals surface area (Å²) in [6.45, 7) is 3.91. The van der Waals surface area contributed by atoms with Crippen LogP contribution in [0, 0.1) is 0 Å². The Labute approximate surface area is 274 Å². The number of unbranched alkanes of at least 4 members (excludes halogenated alkanes) is 11. The van der Waals surface area contributed by atoms with Gasteiger partial charge in [-0.05, 0) is 51.4 Å². The van der Waals surface area contributed by atoms with E-state index >= 15 is 0 Å². The van der Waals surface area contributed by atoms with Crippen molar-refractivity contribution >= 4 is 11.9 Å². The van der Waals surface area contributed by atoms with E-state index in [1.165, 1.54) is 57.8 Å². The molecule has 0 saturated carbocycles. The zero-order chi connectivity index (χ0) is 33.2. The molecule has 0 heterocycles. The molecule has 45 heavy (non-hydrogen) atoms. The van der Waals surface area contributed by atoms with Gasteiger partial charge in [-0.3, -0.25) is 9.59 Å². The normalized spacial score (nSPS) is 14.2. The van der Waals surface area contributed by atoms with Crippen LogP contribution in [0.3, 0.4) is 0 Å². The molecule has 0 aromatic carbocycles. The molecule has 0 radical (unpaired) electrons. The van der Waals surface area contributed by atoms with Gasteiger partial charge in [0.05, 0.1) is 12.2 Å². The van der Waals surface area contributed by atoms with Crippen molar-refractivity contribution in [3.05, 3.63) is 48.6 Å². The van der Waals surface area contributed by atoms with Gasteiger partial charge in [-0.2, -0.15) is 0 Å². The van der Waals surface area contributed by atoms with Gasteiger partial charge >= 0.3 is 11.9 Å². The van der Waals surface area contributed by atoms with Crippen LogP contribution in [-0.2, 0) is 19.1 Å². The Balaban J connectivity index is 3.73. The fourth-order valence-corrected chi connectivity index (χ4v) is 4.70. The van der Waals surface area contributed by atoms with E-state index in [2.05, 4.69) is 50.3 Å². The number of esters is 2. The lowest BCUT2D eigenvalue weighted by Crippen LogP contribution is -2.26. The van der Waals surface area contributed by atoms with E-state index in [0.29, 0.717) is 19.3 Å². The minimum absolute atomic E-state index is 0.0687. The molecule has 0 aliphatic carbocycles. The Morgan fingerprint density at radius 2 is 0.956 bits per heavy atom. The third-order valence-corrected chi connectivity index (χ3v) is 7.53. The number of rotatable bonds is 31. The quantitative estimate of drug-likeness (QED) is 0.0397. The first-order chi connectivity index (χ1) is 21.9. The van der Waals surface area contributed by atoms with Crippen molar-refractivity contribution in [1.82, 2.24) is 0 Å². The zero-order valence-electron chi connectivity index (χ0n) is 28.6. The Morgan fingerprint density at radius 1 is 0.533 bits per heavy atom. The number of hydrogen-bond donors (Lipinski definition) is 3. The summed E-state index contributed by atoms with van der Waals surface area (Å²) < 4.78 is 10.2. The molecule has 0 spiro atoms. The Kier molecular flexibility index (Phi) is 31.5. The lowest BCUT2D eigenvalue weighted by molar-refractivity contribution is -0.152. The molecular weight excluding hydrogens is 568 g/mol.